The first-order chi connectivity index (χ1) is 8.15. The van der Waals surface area contributed by atoms with Crippen molar-refractivity contribution in [1.82, 2.24) is 4.98 Å². The number of fused-ring (bicyclic) bond motifs is 1. The highest BCUT2D eigenvalue weighted by Gasteiger charge is 2.20. The molecule has 17 heavy (non-hydrogen) atoms. The second kappa shape index (κ2) is 4.51. The van der Waals surface area contributed by atoms with E-state index in [2.05, 4.69) is 9.72 Å². The Balaban J connectivity index is 2.84. The van der Waals surface area contributed by atoms with E-state index in [0.29, 0.717) is 10.9 Å². The summed E-state index contributed by atoms with van der Waals surface area (Å²) in [6.07, 6.45) is 1.28. The molecule has 0 aliphatic carbocycles. The lowest BCUT2D eigenvalue weighted by atomic mass is 10.0. The Labute approximate surface area is 102 Å². The van der Waals surface area contributed by atoms with Gasteiger partial charge in [-0.05, 0) is 17.7 Å². The summed E-state index contributed by atoms with van der Waals surface area (Å²) in [4.78, 5) is 27.0. The van der Waals surface area contributed by atoms with E-state index in [0.717, 1.165) is 0 Å². The maximum absolute atomic E-state index is 11.7. The number of aromatic nitrogens is 1. The Bertz CT molecular complexity index is 610. The van der Waals surface area contributed by atoms with Crippen LogP contribution in [0.5, 0.6) is 0 Å². The quantitative estimate of drug-likeness (QED) is 0.606. The van der Waals surface area contributed by atoms with E-state index in [4.69, 9.17) is 11.6 Å². The first-order valence-corrected chi connectivity index (χ1v) is 5.19. The van der Waals surface area contributed by atoms with Crippen molar-refractivity contribution in [3.05, 3.63) is 41.6 Å². The molecule has 5 heteroatoms. The summed E-state index contributed by atoms with van der Waals surface area (Å²) in [5, 5.41) is -0.186. The average Bonchev–Trinajstić information content (AvgIpc) is 2.36. The van der Waals surface area contributed by atoms with E-state index in [1.807, 2.05) is 0 Å². The van der Waals surface area contributed by atoms with Crippen LogP contribution in [0.25, 0.3) is 10.9 Å². The van der Waals surface area contributed by atoms with Gasteiger partial charge in [0.2, 0.25) is 0 Å². The fraction of sp³-hybridized carbons (Fsp3) is 0.0833. The summed E-state index contributed by atoms with van der Waals surface area (Å²) in [5.74, 6) is -0.604. The molecule has 1 heterocycles. The Morgan fingerprint density at radius 1 is 1.29 bits per heavy atom. The van der Waals surface area contributed by atoms with Crippen LogP contribution < -0.4 is 0 Å². The number of hydrogen-bond donors (Lipinski definition) is 0. The Morgan fingerprint density at radius 3 is 2.65 bits per heavy atom. The molecule has 2 aromatic rings. The van der Waals surface area contributed by atoms with Gasteiger partial charge in [0.15, 0.2) is 0 Å². The summed E-state index contributed by atoms with van der Waals surface area (Å²) in [7, 11) is 1.25. The number of halogens is 1. The molecule has 0 saturated heterocycles. The summed E-state index contributed by atoms with van der Waals surface area (Å²) in [5.41, 5.74) is 0.810. The van der Waals surface area contributed by atoms with Crippen molar-refractivity contribution in [2.45, 2.75) is 0 Å². The number of ether oxygens (including phenoxy) is 1. The molecular formula is C12H8ClNO3. The molecule has 2 rings (SSSR count). The molecule has 0 spiro atoms. The predicted molar refractivity (Wildman–Crippen MR) is 63.3 cm³/mol. The molecule has 0 unspecified atom stereocenters. The molecule has 0 saturated carbocycles. The van der Waals surface area contributed by atoms with Crippen molar-refractivity contribution in [3.8, 4) is 0 Å². The second-order valence-electron chi connectivity index (χ2n) is 3.33. The lowest BCUT2D eigenvalue weighted by Crippen LogP contribution is -2.09. The topological polar surface area (TPSA) is 56.3 Å². The molecule has 86 valence electrons. The first kappa shape index (κ1) is 11.5. The van der Waals surface area contributed by atoms with Gasteiger partial charge in [0.25, 0.3) is 5.24 Å². The van der Waals surface area contributed by atoms with E-state index in [1.54, 1.807) is 24.3 Å². The molecule has 0 amide bonds. The van der Waals surface area contributed by atoms with Crippen molar-refractivity contribution in [1.29, 1.82) is 0 Å². The van der Waals surface area contributed by atoms with Crippen molar-refractivity contribution in [2.24, 2.45) is 0 Å². The molecule has 0 aliphatic heterocycles. The van der Waals surface area contributed by atoms with Gasteiger partial charge in [-0.2, -0.15) is 0 Å². The smallest absolute Gasteiger partial charge is 0.339 e. The molecule has 0 atom stereocenters. The third-order valence-corrected chi connectivity index (χ3v) is 2.58. The highest BCUT2D eigenvalue weighted by atomic mass is 35.5. The van der Waals surface area contributed by atoms with Crippen LogP contribution in [0.3, 0.4) is 0 Å². The minimum atomic E-state index is -0.733. The number of methoxy groups -OCH3 is 1. The first-order valence-electron chi connectivity index (χ1n) is 4.81. The van der Waals surface area contributed by atoms with Crippen LogP contribution in [-0.4, -0.2) is 23.3 Å². The normalized spacial score (nSPS) is 10.2. The van der Waals surface area contributed by atoms with Crippen LogP contribution in [0.4, 0.5) is 0 Å². The fourth-order valence-corrected chi connectivity index (χ4v) is 1.76. The largest absolute Gasteiger partial charge is 0.465 e. The molecule has 0 aliphatic rings. The molecule has 0 radical (unpaired) electrons. The Hall–Kier alpha value is -1.94. The Kier molecular flexibility index (Phi) is 3.06. The monoisotopic (exact) mass is 249 g/mol. The number of nitrogens with zero attached hydrogens (tertiary/aromatic N) is 1. The maximum Gasteiger partial charge on any atom is 0.339 e. The highest BCUT2D eigenvalue weighted by Crippen LogP contribution is 2.22. The van der Waals surface area contributed by atoms with Crippen LogP contribution >= 0.6 is 11.6 Å². The van der Waals surface area contributed by atoms with Crippen LogP contribution in [0.2, 0.25) is 0 Å². The number of carbonyl (C=O) groups excluding carboxylic acids is 2. The SMILES string of the molecule is COC(=O)c1c(C(=O)Cl)cnc2ccccc12. The zero-order valence-corrected chi connectivity index (χ0v) is 9.69. The van der Waals surface area contributed by atoms with Gasteiger partial charge in [-0.25, -0.2) is 4.79 Å². The number of carbonyl (C=O) groups is 2. The lowest BCUT2D eigenvalue weighted by Gasteiger charge is -2.07. The third-order valence-electron chi connectivity index (χ3n) is 2.38. The minimum absolute atomic E-state index is 0.0530. The summed E-state index contributed by atoms with van der Waals surface area (Å²) < 4.78 is 4.66. The van der Waals surface area contributed by atoms with Gasteiger partial charge in [0.05, 0.1) is 23.8 Å². The standard InChI is InChI=1S/C12H8ClNO3/c1-17-12(16)10-7-4-2-3-5-9(7)14-6-8(10)11(13)15/h2-6H,1H3. The van der Waals surface area contributed by atoms with Crippen molar-refractivity contribution in [2.75, 3.05) is 7.11 Å². The van der Waals surface area contributed by atoms with E-state index in [1.165, 1.54) is 13.3 Å². The number of benzene rings is 1. The average molecular weight is 250 g/mol. The van der Waals surface area contributed by atoms with Crippen LogP contribution in [0.1, 0.15) is 20.7 Å². The maximum atomic E-state index is 11.7. The van der Waals surface area contributed by atoms with Gasteiger partial charge in [-0.1, -0.05) is 18.2 Å². The van der Waals surface area contributed by atoms with Crippen LogP contribution in [-0.2, 0) is 4.74 Å². The van der Waals surface area contributed by atoms with Crippen molar-refractivity contribution >= 4 is 33.7 Å². The van der Waals surface area contributed by atoms with E-state index < -0.39 is 11.2 Å². The highest BCUT2D eigenvalue weighted by molar-refractivity contribution is 6.68. The van der Waals surface area contributed by atoms with Gasteiger partial charge in [-0.15, -0.1) is 0 Å². The summed E-state index contributed by atoms with van der Waals surface area (Å²) >= 11 is 5.42. The van der Waals surface area contributed by atoms with Gasteiger partial charge in [0.1, 0.15) is 0 Å². The minimum Gasteiger partial charge on any atom is -0.465 e. The number of esters is 1. The van der Waals surface area contributed by atoms with Gasteiger partial charge in [0, 0.05) is 11.6 Å². The Morgan fingerprint density at radius 2 is 2.00 bits per heavy atom. The van der Waals surface area contributed by atoms with Crippen molar-refractivity contribution in [3.63, 3.8) is 0 Å². The second-order valence-corrected chi connectivity index (χ2v) is 3.67. The summed E-state index contributed by atoms with van der Waals surface area (Å²) in [6.45, 7) is 0. The third kappa shape index (κ3) is 1.99. The molecule has 4 nitrogen and oxygen atoms in total. The fourth-order valence-electron chi connectivity index (χ4n) is 1.61. The number of para-hydroxylation sites is 1. The molecule has 0 fully saturated rings. The number of pyridine rings is 1. The van der Waals surface area contributed by atoms with E-state index >= 15 is 0 Å². The molecule has 0 N–H and O–H groups in total. The van der Waals surface area contributed by atoms with E-state index in [9.17, 15) is 9.59 Å². The van der Waals surface area contributed by atoms with Crippen LogP contribution in [0.15, 0.2) is 30.5 Å². The molecule has 0 bridgehead atoms. The van der Waals surface area contributed by atoms with Gasteiger partial charge >= 0.3 is 5.97 Å². The van der Waals surface area contributed by atoms with Gasteiger partial charge < -0.3 is 4.74 Å². The lowest BCUT2D eigenvalue weighted by molar-refractivity contribution is 0.0600. The number of hydrogen-bond acceptors (Lipinski definition) is 4. The molecule has 1 aromatic heterocycles. The van der Waals surface area contributed by atoms with E-state index in [-0.39, 0.29) is 11.1 Å². The van der Waals surface area contributed by atoms with Gasteiger partial charge in [-0.3, -0.25) is 9.78 Å². The zero-order valence-electron chi connectivity index (χ0n) is 8.94. The van der Waals surface area contributed by atoms with Crippen LogP contribution in [0, 0.1) is 0 Å². The van der Waals surface area contributed by atoms with Crippen molar-refractivity contribution < 1.29 is 14.3 Å². The summed E-state index contributed by atoms with van der Waals surface area (Å²) in [6, 6.07) is 6.97. The zero-order chi connectivity index (χ0) is 12.4. The molecular weight excluding hydrogens is 242 g/mol. The molecule has 1 aromatic carbocycles. The predicted octanol–water partition coefficient (Wildman–Crippen LogP) is 2.40. The number of rotatable bonds is 2.